The molecular formula is C12H17N3O4S. The van der Waals surface area contributed by atoms with E-state index in [1.54, 1.807) is 6.07 Å². The van der Waals surface area contributed by atoms with E-state index in [-0.39, 0.29) is 23.9 Å². The van der Waals surface area contributed by atoms with E-state index in [0.717, 1.165) is 0 Å². The Kier molecular flexibility index (Phi) is 4.26. The number of rotatable bonds is 4. The van der Waals surface area contributed by atoms with Crippen molar-refractivity contribution >= 4 is 21.6 Å². The van der Waals surface area contributed by atoms with Crippen molar-refractivity contribution in [1.29, 1.82) is 0 Å². The lowest BCUT2D eigenvalue weighted by atomic mass is 10.2. The molecule has 0 bridgehead atoms. The molecule has 0 radical (unpaired) electrons. The maximum absolute atomic E-state index is 12.0. The second kappa shape index (κ2) is 5.78. The number of benzene rings is 1. The Morgan fingerprint density at radius 3 is 2.90 bits per heavy atom. The Labute approximate surface area is 117 Å². The SMILES string of the molecule is CC(=O)N1CCOc2ccc(S(=O)(=O)NCCN)cc21. The predicted molar refractivity (Wildman–Crippen MR) is 74.2 cm³/mol. The first-order valence-corrected chi connectivity index (χ1v) is 7.68. The number of sulfonamides is 1. The molecule has 0 saturated heterocycles. The van der Waals surface area contributed by atoms with E-state index in [9.17, 15) is 13.2 Å². The van der Waals surface area contributed by atoms with Crippen LogP contribution in [-0.4, -0.2) is 40.6 Å². The molecule has 1 aliphatic rings. The molecule has 1 aromatic rings. The van der Waals surface area contributed by atoms with Crippen LogP contribution < -0.4 is 20.1 Å². The number of amides is 1. The summed E-state index contributed by atoms with van der Waals surface area (Å²) >= 11 is 0. The van der Waals surface area contributed by atoms with Crippen LogP contribution in [0.15, 0.2) is 23.1 Å². The molecule has 1 heterocycles. The van der Waals surface area contributed by atoms with Crippen molar-refractivity contribution in [3.05, 3.63) is 18.2 Å². The van der Waals surface area contributed by atoms with Gasteiger partial charge in [0, 0.05) is 20.0 Å². The Hall–Kier alpha value is -1.64. The highest BCUT2D eigenvalue weighted by atomic mass is 32.2. The van der Waals surface area contributed by atoms with Gasteiger partial charge in [0.25, 0.3) is 0 Å². The fraction of sp³-hybridized carbons (Fsp3) is 0.417. The normalized spacial score (nSPS) is 14.6. The van der Waals surface area contributed by atoms with Crippen LogP contribution in [0.5, 0.6) is 5.75 Å². The summed E-state index contributed by atoms with van der Waals surface area (Å²) in [6, 6.07) is 4.44. The highest BCUT2D eigenvalue weighted by Crippen LogP contribution is 2.33. The number of ether oxygens (including phenoxy) is 1. The number of carbonyl (C=O) groups is 1. The van der Waals surface area contributed by atoms with Crippen LogP contribution in [0, 0.1) is 0 Å². The molecule has 1 amide bonds. The van der Waals surface area contributed by atoms with Gasteiger partial charge in [0.15, 0.2) is 0 Å². The van der Waals surface area contributed by atoms with E-state index in [0.29, 0.717) is 24.6 Å². The van der Waals surface area contributed by atoms with Crippen LogP contribution in [0.25, 0.3) is 0 Å². The Morgan fingerprint density at radius 2 is 2.25 bits per heavy atom. The van der Waals surface area contributed by atoms with Gasteiger partial charge in [-0.3, -0.25) is 4.79 Å². The lowest BCUT2D eigenvalue weighted by molar-refractivity contribution is -0.116. The quantitative estimate of drug-likeness (QED) is 0.792. The van der Waals surface area contributed by atoms with Crippen molar-refractivity contribution in [2.45, 2.75) is 11.8 Å². The summed E-state index contributed by atoms with van der Waals surface area (Å²) in [6.45, 7) is 2.61. The van der Waals surface area contributed by atoms with Crippen molar-refractivity contribution in [3.8, 4) is 5.75 Å². The molecule has 3 N–H and O–H groups in total. The zero-order chi connectivity index (χ0) is 14.8. The average Bonchev–Trinajstić information content (AvgIpc) is 2.43. The van der Waals surface area contributed by atoms with Gasteiger partial charge in [-0.15, -0.1) is 0 Å². The van der Waals surface area contributed by atoms with Crippen LogP contribution in [0.4, 0.5) is 5.69 Å². The Balaban J connectivity index is 2.39. The van der Waals surface area contributed by atoms with E-state index in [1.807, 2.05) is 0 Å². The van der Waals surface area contributed by atoms with Crippen molar-refractivity contribution in [1.82, 2.24) is 4.72 Å². The van der Waals surface area contributed by atoms with Crippen molar-refractivity contribution in [3.63, 3.8) is 0 Å². The van der Waals surface area contributed by atoms with Gasteiger partial charge in [0.1, 0.15) is 12.4 Å². The molecule has 7 nitrogen and oxygen atoms in total. The molecule has 8 heteroatoms. The summed E-state index contributed by atoms with van der Waals surface area (Å²) in [5, 5.41) is 0. The first-order valence-electron chi connectivity index (χ1n) is 6.20. The second-order valence-electron chi connectivity index (χ2n) is 4.34. The standard InChI is InChI=1S/C12H17N3O4S/c1-9(16)15-6-7-19-12-3-2-10(8-11(12)15)20(17,18)14-5-4-13/h2-3,8,14H,4-7,13H2,1H3. The van der Waals surface area contributed by atoms with Gasteiger partial charge in [-0.2, -0.15) is 0 Å². The molecule has 2 rings (SSSR count). The molecule has 110 valence electrons. The summed E-state index contributed by atoms with van der Waals surface area (Å²) in [4.78, 5) is 13.2. The largest absolute Gasteiger partial charge is 0.490 e. The number of nitrogens with one attached hydrogen (secondary N) is 1. The minimum Gasteiger partial charge on any atom is -0.490 e. The average molecular weight is 299 g/mol. The number of anilines is 1. The summed E-state index contributed by atoms with van der Waals surface area (Å²) in [5.41, 5.74) is 5.76. The fourth-order valence-electron chi connectivity index (χ4n) is 1.97. The predicted octanol–water partition coefficient (Wildman–Crippen LogP) is -0.331. The van der Waals surface area contributed by atoms with Crippen LogP contribution in [0.1, 0.15) is 6.92 Å². The van der Waals surface area contributed by atoms with Crippen LogP contribution >= 0.6 is 0 Å². The van der Waals surface area contributed by atoms with Gasteiger partial charge < -0.3 is 15.4 Å². The third-order valence-electron chi connectivity index (χ3n) is 2.92. The minimum absolute atomic E-state index is 0.0847. The Morgan fingerprint density at radius 1 is 1.50 bits per heavy atom. The molecule has 0 spiro atoms. The van der Waals surface area contributed by atoms with Gasteiger partial charge >= 0.3 is 0 Å². The van der Waals surface area contributed by atoms with E-state index < -0.39 is 10.0 Å². The smallest absolute Gasteiger partial charge is 0.240 e. The summed E-state index contributed by atoms with van der Waals surface area (Å²) < 4.78 is 31.9. The second-order valence-corrected chi connectivity index (χ2v) is 6.10. The van der Waals surface area contributed by atoms with Gasteiger partial charge in [-0.1, -0.05) is 0 Å². The molecule has 20 heavy (non-hydrogen) atoms. The summed E-state index contributed by atoms with van der Waals surface area (Å²) in [7, 11) is -3.63. The first-order chi connectivity index (χ1) is 9.45. The maximum atomic E-state index is 12.0. The molecule has 0 aromatic heterocycles. The molecule has 0 atom stereocenters. The molecule has 1 aliphatic heterocycles. The molecule has 1 aromatic carbocycles. The molecule has 0 saturated carbocycles. The van der Waals surface area contributed by atoms with Crippen molar-refractivity contribution in [2.24, 2.45) is 5.73 Å². The van der Waals surface area contributed by atoms with Crippen molar-refractivity contribution in [2.75, 3.05) is 31.1 Å². The molecule has 0 unspecified atom stereocenters. The fourth-order valence-corrected chi connectivity index (χ4v) is 3.04. The van der Waals surface area contributed by atoms with E-state index in [1.165, 1.54) is 24.0 Å². The number of fused-ring (bicyclic) bond motifs is 1. The number of nitrogens with two attached hydrogens (primary N) is 1. The zero-order valence-corrected chi connectivity index (χ0v) is 11.9. The molecule has 0 aliphatic carbocycles. The van der Waals surface area contributed by atoms with Crippen LogP contribution in [0.2, 0.25) is 0 Å². The van der Waals surface area contributed by atoms with Gasteiger partial charge in [0.05, 0.1) is 17.1 Å². The van der Waals surface area contributed by atoms with E-state index >= 15 is 0 Å². The van der Waals surface area contributed by atoms with Crippen LogP contribution in [-0.2, 0) is 14.8 Å². The topological polar surface area (TPSA) is 102 Å². The number of carbonyl (C=O) groups excluding carboxylic acids is 1. The number of nitrogens with zero attached hydrogens (tertiary/aromatic N) is 1. The maximum Gasteiger partial charge on any atom is 0.240 e. The monoisotopic (exact) mass is 299 g/mol. The third-order valence-corrected chi connectivity index (χ3v) is 4.38. The minimum atomic E-state index is -3.63. The zero-order valence-electron chi connectivity index (χ0n) is 11.1. The molecular weight excluding hydrogens is 282 g/mol. The molecule has 0 fully saturated rings. The number of hydrogen-bond acceptors (Lipinski definition) is 5. The highest BCUT2D eigenvalue weighted by Gasteiger charge is 2.24. The van der Waals surface area contributed by atoms with E-state index in [4.69, 9.17) is 10.5 Å². The number of hydrogen-bond donors (Lipinski definition) is 2. The lowest BCUT2D eigenvalue weighted by Crippen LogP contribution is -2.36. The summed E-state index contributed by atoms with van der Waals surface area (Å²) in [5.74, 6) is 0.350. The third kappa shape index (κ3) is 2.92. The highest BCUT2D eigenvalue weighted by molar-refractivity contribution is 7.89. The lowest BCUT2D eigenvalue weighted by Gasteiger charge is -2.29. The van der Waals surface area contributed by atoms with Gasteiger partial charge in [-0.25, -0.2) is 13.1 Å². The van der Waals surface area contributed by atoms with Crippen LogP contribution in [0.3, 0.4) is 0 Å². The van der Waals surface area contributed by atoms with Gasteiger partial charge in [0.2, 0.25) is 15.9 Å². The Bertz CT molecular complexity index is 615. The van der Waals surface area contributed by atoms with E-state index in [2.05, 4.69) is 4.72 Å². The van der Waals surface area contributed by atoms with Crippen molar-refractivity contribution < 1.29 is 17.9 Å². The van der Waals surface area contributed by atoms with Gasteiger partial charge in [-0.05, 0) is 18.2 Å². The first kappa shape index (κ1) is 14.8. The summed E-state index contributed by atoms with van der Waals surface area (Å²) in [6.07, 6.45) is 0.